The molecule has 92 valence electrons. The number of fused-ring (bicyclic) bond motifs is 1. The Labute approximate surface area is 108 Å². The Morgan fingerprint density at radius 1 is 1.28 bits per heavy atom. The topological polar surface area (TPSA) is 64.3 Å². The standard InChI is InChI=1S/C11H12N6S/c18-11-14-9-8-12-3-2-10(9)17(11)6-1-5-16-7-4-13-15-16/h2-4,7-8H,1,5-6H2,(H,14,18). The molecular weight excluding hydrogens is 248 g/mol. The summed E-state index contributed by atoms with van der Waals surface area (Å²) >= 11 is 5.31. The zero-order valence-corrected chi connectivity index (χ0v) is 10.5. The third-order valence-electron chi connectivity index (χ3n) is 2.82. The highest BCUT2D eigenvalue weighted by Gasteiger charge is 2.03. The first-order valence-electron chi connectivity index (χ1n) is 5.71. The van der Waals surface area contributed by atoms with E-state index in [-0.39, 0.29) is 0 Å². The molecule has 0 aliphatic heterocycles. The highest BCUT2D eigenvalue weighted by molar-refractivity contribution is 7.71. The molecule has 6 nitrogen and oxygen atoms in total. The van der Waals surface area contributed by atoms with Gasteiger partial charge in [-0.2, -0.15) is 0 Å². The molecule has 0 fully saturated rings. The van der Waals surface area contributed by atoms with Crippen molar-refractivity contribution in [3.63, 3.8) is 0 Å². The minimum atomic E-state index is 0.733. The lowest BCUT2D eigenvalue weighted by Crippen LogP contribution is -2.04. The van der Waals surface area contributed by atoms with Gasteiger partial charge < -0.3 is 9.55 Å². The molecule has 18 heavy (non-hydrogen) atoms. The minimum absolute atomic E-state index is 0.733. The first-order valence-corrected chi connectivity index (χ1v) is 6.12. The van der Waals surface area contributed by atoms with Gasteiger partial charge in [-0.25, -0.2) is 0 Å². The second-order valence-corrected chi connectivity index (χ2v) is 4.38. The van der Waals surface area contributed by atoms with Crippen LogP contribution in [0.25, 0.3) is 11.0 Å². The second kappa shape index (κ2) is 4.69. The molecule has 0 radical (unpaired) electrons. The van der Waals surface area contributed by atoms with Crippen LogP contribution in [0.2, 0.25) is 0 Å². The van der Waals surface area contributed by atoms with Crippen LogP contribution in [0.1, 0.15) is 6.42 Å². The van der Waals surface area contributed by atoms with Gasteiger partial charge in [0.25, 0.3) is 0 Å². The number of hydrogen-bond acceptors (Lipinski definition) is 4. The van der Waals surface area contributed by atoms with E-state index in [1.54, 1.807) is 18.6 Å². The summed E-state index contributed by atoms with van der Waals surface area (Å²) in [6.07, 6.45) is 8.06. The first kappa shape index (κ1) is 11.1. The van der Waals surface area contributed by atoms with Crippen LogP contribution < -0.4 is 0 Å². The maximum atomic E-state index is 5.31. The lowest BCUT2D eigenvalue weighted by molar-refractivity contribution is 0.517. The summed E-state index contributed by atoms with van der Waals surface area (Å²) in [7, 11) is 0. The number of hydrogen-bond donors (Lipinski definition) is 1. The maximum absolute atomic E-state index is 5.31. The Hall–Kier alpha value is -2.02. The van der Waals surface area contributed by atoms with Gasteiger partial charge in [-0.15, -0.1) is 5.10 Å². The number of aromatic amines is 1. The first-order chi connectivity index (χ1) is 8.84. The molecule has 0 amide bonds. The summed E-state index contributed by atoms with van der Waals surface area (Å²) in [4.78, 5) is 7.23. The van der Waals surface area contributed by atoms with Crippen molar-refractivity contribution in [2.24, 2.45) is 0 Å². The van der Waals surface area contributed by atoms with Crippen molar-refractivity contribution in [1.82, 2.24) is 29.5 Å². The van der Waals surface area contributed by atoms with E-state index in [4.69, 9.17) is 12.2 Å². The fourth-order valence-corrected chi connectivity index (χ4v) is 2.28. The fraction of sp³-hybridized carbons (Fsp3) is 0.273. The van der Waals surface area contributed by atoms with Gasteiger partial charge in [0.15, 0.2) is 4.77 Å². The summed E-state index contributed by atoms with van der Waals surface area (Å²) in [5, 5.41) is 7.71. The van der Waals surface area contributed by atoms with Crippen LogP contribution in [0.4, 0.5) is 0 Å². The number of aryl methyl sites for hydroxylation is 2. The number of rotatable bonds is 4. The monoisotopic (exact) mass is 260 g/mol. The molecular formula is C11H12N6S. The largest absolute Gasteiger partial charge is 0.329 e. The van der Waals surface area contributed by atoms with Crippen LogP contribution in [0, 0.1) is 4.77 Å². The van der Waals surface area contributed by atoms with E-state index in [0.717, 1.165) is 35.3 Å². The molecule has 3 aromatic rings. The Kier molecular flexibility index (Phi) is 2.89. The van der Waals surface area contributed by atoms with E-state index in [2.05, 4.69) is 24.8 Å². The number of imidazole rings is 1. The van der Waals surface area contributed by atoms with Crippen LogP contribution >= 0.6 is 12.2 Å². The van der Waals surface area contributed by atoms with Gasteiger partial charge in [-0.05, 0) is 24.7 Å². The molecule has 1 N–H and O–H groups in total. The third-order valence-corrected chi connectivity index (χ3v) is 3.14. The quantitative estimate of drug-likeness (QED) is 0.726. The van der Waals surface area contributed by atoms with Gasteiger partial charge in [0.1, 0.15) is 0 Å². The van der Waals surface area contributed by atoms with Crippen molar-refractivity contribution in [2.45, 2.75) is 19.5 Å². The van der Waals surface area contributed by atoms with Crippen molar-refractivity contribution < 1.29 is 0 Å². The Bertz CT molecular complexity index is 696. The van der Waals surface area contributed by atoms with Gasteiger partial charge in [0.05, 0.1) is 23.4 Å². The SMILES string of the molecule is S=c1[nH]c2cnccc2n1CCCn1ccnn1. The molecule has 0 saturated carbocycles. The number of H-pyrrole nitrogens is 1. The average Bonchev–Trinajstić information content (AvgIpc) is 2.98. The maximum Gasteiger partial charge on any atom is 0.178 e. The third kappa shape index (κ3) is 2.04. The zero-order chi connectivity index (χ0) is 12.4. The Morgan fingerprint density at radius 2 is 2.22 bits per heavy atom. The van der Waals surface area contributed by atoms with E-state index < -0.39 is 0 Å². The highest BCUT2D eigenvalue weighted by atomic mass is 32.1. The van der Waals surface area contributed by atoms with Crippen LogP contribution in [0.15, 0.2) is 30.9 Å². The summed E-state index contributed by atoms with van der Waals surface area (Å²) in [6, 6.07) is 1.97. The number of nitrogens with one attached hydrogen (secondary N) is 1. The van der Waals surface area contributed by atoms with Crippen molar-refractivity contribution >= 4 is 23.3 Å². The van der Waals surface area contributed by atoms with E-state index in [0.29, 0.717) is 0 Å². The lowest BCUT2D eigenvalue weighted by Gasteiger charge is -2.04. The van der Waals surface area contributed by atoms with Crippen LogP contribution in [0.3, 0.4) is 0 Å². The van der Waals surface area contributed by atoms with Crippen LogP contribution in [0.5, 0.6) is 0 Å². The van der Waals surface area contributed by atoms with Crippen LogP contribution in [-0.2, 0) is 13.1 Å². The van der Waals surface area contributed by atoms with Gasteiger partial charge in [0, 0.05) is 25.5 Å². The van der Waals surface area contributed by atoms with Crippen LogP contribution in [-0.4, -0.2) is 29.5 Å². The predicted molar refractivity (Wildman–Crippen MR) is 69.6 cm³/mol. The Balaban J connectivity index is 1.78. The molecule has 0 aromatic carbocycles. The minimum Gasteiger partial charge on any atom is -0.329 e. The molecule has 3 aromatic heterocycles. The summed E-state index contributed by atoms with van der Waals surface area (Å²) < 4.78 is 4.64. The molecule has 0 saturated heterocycles. The van der Waals surface area contributed by atoms with E-state index >= 15 is 0 Å². The molecule has 3 heterocycles. The molecule has 7 heteroatoms. The van der Waals surface area contributed by atoms with Gasteiger partial charge in [0.2, 0.25) is 0 Å². The van der Waals surface area contributed by atoms with Gasteiger partial charge in [-0.1, -0.05) is 5.21 Å². The van der Waals surface area contributed by atoms with E-state index in [1.165, 1.54) is 0 Å². The fourth-order valence-electron chi connectivity index (χ4n) is 1.98. The van der Waals surface area contributed by atoms with Crippen molar-refractivity contribution in [3.8, 4) is 0 Å². The molecule has 0 atom stereocenters. The molecule has 0 bridgehead atoms. The smallest absolute Gasteiger partial charge is 0.178 e. The summed E-state index contributed by atoms with van der Waals surface area (Å²) in [6.45, 7) is 1.68. The van der Waals surface area contributed by atoms with Gasteiger partial charge >= 0.3 is 0 Å². The average molecular weight is 260 g/mol. The summed E-state index contributed by atoms with van der Waals surface area (Å²) in [5.74, 6) is 0. The lowest BCUT2D eigenvalue weighted by atomic mass is 10.3. The molecule has 0 unspecified atom stereocenters. The number of nitrogens with zero attached hydrogens (tertiary/aromatic N) is 5. The number of pyridine rings is 1. The molecule has 0 aliphatic carbocycles. The van der Waals surface area contributed by atoms with E-state index in [1.807, 2.05) is 16.9 Å². The van der Waals surface area contributed by atoms with Crippen molar-refractivity contribution in [2.75, 3.05) is 0 Å². The molecule has 0 aliphatic rings. The second-order valence-electron chi connectivity index (χ2n) is 3.99. The zero-order valence-electron chi connectivity index (χ0n) is 9.65. The molecule has 3 rings (SSSR count). The normalized spacial score (nSPS) is 11.1. The van der Waals surface area contributed by atoms with E-state index in [9.17, 15) is 0 Å². The van der Waals surface area contributed by atoms with Gasteiger partial charge in [-0.3, -0.25) is 9.67 Å². The Morgan fingerprint density at radius 3 is 3.06 bits per heavy atom. The van der Waals surface area contributed by atoms with Crippen molar-refractivity contribution in [3.05, 3.63) is 35.6 Å². The number of aromatic nitrogens is 6. The highest BCUT2D eigenvalue weighted by Crippen LogP contribution is 2.12. The molecule has 0 spiro atoms. The summed E-state index contributed by atoms with van der Waals surface area (Å²) in [5.41, 5.74) is 2.07. The predicted octanol–water partition coefficient (Wildman–Crippen LogP) is 1.78. The van der Waals surface area contributed by atoms with Crippen molar-refractivity contribution in [1.29, 1.82) is 0 Å².